The number of nitrogens with two attached hydrogens (primary N) is 1. The lowest BCUT2D eigenvalue weighted by molar-refractivity contribution is -0.157. The van der Waals surface area contributed by atoms with Gasteiger partial charge in [-0.1, -0.05) is 25.1 Å². The minimum absolute atomic E-state index is 0.0848. The molecule has 0 unspecified atom stereocenters. The van der Waals surface area contributed by atoms with E-state index < -0.39 is 11.6 Å². The van der Waals surface area contributed by atoms with Gasteiger partial charge in [0.25, 0.3) is 0 Å². The van der Waals surface area contributed by atoms with E-state index >= 15 is 0 Å². The van der Waals surface area contributed by atoms with E-state index in [1.807, 2.05) is 37.4 Å². The fourth-order valence-electron chi connectivity index (χ4n) is 2.90. The van der Waals surface area contributed by atoms with Crippen LogP contribution in [0.25, 0.3) is 10.9 Å². The van der Waals surface area contributed by atoms with Crippen molar-refractivity contribution in [3.8, 4) is 0 Å². The summed E-state index contributed by atoms with van der Waals surface area (Å²) in [5, 5.41) is 11.1. The molecule has 5 heteroatoms. The lowest BCUT2D eigenvalue weighted by Gasteiger charge is -2.46. The third-order valence-corrected chi connectivity index (χ3v) is 4.37. The topological polar surface area (TPSA) is 82.3 Å². The predicted octanol–water partition coefficient (Wildman–Crippen LogP) is 1.02. The zero-order valence-corrected chi connectivity index (χ0v) is 12.2. The molecule has 21 heavy (non-hydrogen) atoms. The predicted molar refractivity (Wildman–Crippen MR) is 81.8 cm³/mol. The number of rotatable bonds is 4. The monoisotopic (exact) mass is 287 g/mol. The zero-order chi connectivity index (χ0) is 15.0. The Morgan fingerprint density at radius 2 is 2.19 bits per heavy atom. The summed E-state index contributed by atoms with van der Waals surface area (Å²) in [5.41, 5.74) is 7.45. The van der Waals surface area contributed by atoms with Crippen molar-refractivity contribution < 1.29 is 9.90 Å². The fourth-order valence-corrected chi connectivity index (χ4v) is 2.90. The second kappa shape index (κ2) is 5.16. The van der Waals surface area contributed by atoms with Crippen molar-refractivity contribution in [1.82, 2.24) is 9.88 Å². The molecule has 1 saturated heterocycles. The van der Waals surface area contributed by atoms with Gasteiger partial charge in [0.1, 0.15) is 0 Å². The van der Waals surface area contributed by atoms with E-state index in [1.54, 1.807) is 4.90 Å². The van der Waals surface area contributed by atoms with Gasteiger partial charge in [-0.3, -0.25) is 4.79 Å². The molecule has 4 N–H and O–H groups in total. The third kappa shape index (κ3) is 2.54. The lowest BCUT2D eigenvalue weighted by atomic mass is 9.90. The molecule has 0 bridgehead atoms. The number of aliphatic hydroxyl groups is 1. The van der Waals surface area contributed by atoms with Gasteiger partial charge in [0.15, 0.2) is 0 Å². The summed E-state index contributed by atoms with van der Waals surface area (Å²) in [4.78, 5) is 17.1. The molecule has 0 aliphatic carbocycles. The highest BCUT2D eigenvalue weighted by Gasteiger charge is 2.43. The van der Waals surface area contributed by atoms with E-state index in [1.165, 1.54) is 0 Å². The molecule has 1 aliphatic rings. The zero-order valence-electron chi connectivity index (χ0n) is 12.2. The normalized spacial score (nSPS) is 18.5. The van der Waals surface area contributed by atoms with Crippen molar-refractivity contribution >= 4 is 16.8 Å². The average molecular weight is 287 g/mol. The molecule has 0 saturated carbocycles. The summed E-state index contributed by atoms with van der Waals surface area (Å²) in [5.74, 6) is -0.0848. The molecule has 1 aromatic heterocycles. The first kappa shape index (κ1) is 14.1. The van der Waals surface area contributed by atoms with Gasteiger partial charge in [-0.15, -0.1) is 0 Å². The van der Waals surface area contributed by atoms with Crippen molar-refractivity contribution in [3.05, 3.63) is 36.0 Å². The summed E-state index contributed by atoms with van der Waals surface area (Å²) in [6, 6.07) is 7.41. The van der Waals surface area contributed by atoms with Crippen LogP contribution in [0.2, 0.25) is 0 Å². The van der Waals surface area contributed by atoms with Crippen LogP contribution in [0, 0.1) is 0 Å². The quantitative estimate of drug-likeness (QED) is 0.785. The first-order valence-electron chi connectivity index (χ1n) is 7.34. The number of aromatic nitrogens is 1. The minimum atomic E-state index is -0.712. The third-order valence-electron chi connectivity index (χ3n) is 4.37. The van der Waals surface area contributed by atoms with E-state index in [0.717, 1.165) is 16.5 Å². The summed E-state index contributed by atoms with van der Waals surface area (Å²) >= 11 is 0. The molecule has 3 rings (SSSR count). The Kier molecular flexibility index (Phi) is 3.47. The smallest absolute Gasteiger partial charge is 0.240 e. The van der Waals surface area contributed by atoms with Crippen molar-refractivity contribution in [2.24, 2.45) is 5.73 Å². The largest absolute Gasteiger partial charge is 0.386 e. The van der Waals surface area contributed by atoms with Crippen LogP contribution in [0.3, 0.4) is 0 Å². The van der Waals surface area contributed by atoms with Crippen LogP contribution in [0.5, 0.6) is 0 Å². The Bertz CT molecular complexity index is 658. The number of carbonyl (C=O) groups excluding carboxylic acids is 1. The van der Waals surface area contributed by atoms with Gasteiger partial charge in [-0.2, -0.15) is 0 Å². The first-order chi connectivity index (χ1) is 10.0. The van der Waals surface area contributed by atoms with Crippen molar-refractivity contribution in [2.75, 3.05) is 13.1 Å². The van der Waals surface area contributed by atoms with Crippen LogP contribution in [0.1, 0.15) is 18.9 Å². The van der Waals surface area contributed by atoms with E-state index in [4.69, 9.17) is 5.73 Å². The summed E-state index contributed by atoms with van der Waals surface area (Å²) in [7, 11) is 0. The van der Waals surface area contributed by atoms with Crippen LogP contribution in [-0.2, 0) is 11.2 Å². The number of hydrogen-bond acceptors (Lipinski definition) is 3. The second-order valence-corrected chi connectivity index (χ2v) is 5.94. The van der Waals surface area contributed by atoms with Crippen molar-refractivity contribution in [3.63, 3.8) is 0 Å². The minimum Gasteiger partial charge on any atom is -0.386 e. The van der Waals surface area contributed by atoms with Gasteiger partial charge < -0.3 is 20.7 Å². The molecular formula is C16H21N3O2. The number of likely N-dealkylation sites (tertiary alicyclic amines) is 1. The Morgan fingerprint density at radius 1 is 1.48 bits per heavy atom. The van der Waals surface area contributed by atoms with Crippen LogP contribution >= 0.6 is 0 Å². The number of aromatic amines is 1. The number of benzene rings is 1. The molecule has 1 atom stereocenters. The van der Waals surface area contributed by atoms with Crippen LogP contribution in [0.15, 0.2) is 30.5 Å². The molecule has 1 amide bonds. The van der Waals surface area contributed by atoms with E-state index in [9.17, 15) is 9.90 Å². The van der Waals surface area contributed by atoms with Crippen LogP contribution in [-0.4, -0.2) is 45.6 Å². The summed E-state index contributed by atoms with van der Waals surface area (Å²) in [6.45, 7) is 2.71. The second-order valence-electron chi connectivity index (χ2n) is 5.94. The van der Waals surface area contributed by atoms with Gasteiger partial charge in [0, 0.05) is 17.1 Å². The standard InChI is InChI=1S/C16H21N3O2/c1-2-16(21)9-19(10-16)15(20)13(17)7-11-8-18-14-6-4-3-5-12(11)14/h3-6,8,13,18,21H,2,7,9-10,17H2,1H3/t13-/m1/s1. The van der Waals surface area contributed by atoms with E-state index in [-0.39, 0.29) is 5.91 Å². The van der Waals surface area contributed by atoms with Crippen molar-refractivity contribution in [2.45, 2.75) is 31.4 Å². The Balaban J connectivity index is 1.67. The Labute approximate surface area is 123 Å². The van der Waals surface area contributed by atoms with Crippen LogP contribution < -0.4 is 5.73 Å². The maximum atomic E-state index is 12.3. The van der Waals surface area contributed by atoms with Gasteiger partial charge in [-0.05, 0) is 24.5 Å². The van der Waals surface area contributed by atoms with Gasteiger partial charge in [-0.25, -0.2) is 0 Å². The fraction of sp³-hybridized carbons (Fsp3) is 0.438. The first-order valence-corrected chi connectivity index (χ1v) is 7.34. The number of nitrogens with one attached hydrogen (secondary N) is 1. The Morgan fingerprint density at radius 3 is 2.90 bits per heavy atom. The molecule has 2 aromatic rings. The summed E-state index contributed by atoms with van der Waals surface area (Å²) < 4.78 is 0. The van der Waals surface area contributed by atoms with Crippen molar-refractivity contribution in [1.29, 1.82) is 0 Å². The summed E-state index contributed by atoms with van der Waals surface area (Å²) in [6.07, 6.45) is 3.08. The number of hydrogen-bond donors (Lipinski definition) is 3. The number of para-hydroxylation sites is 1. The Hall–Kier alpha value is -1.85. The number of amides is 1. The molecule has 1 aliphatic heterocycles. The molecule has 112 valence electrons. The number of carbonyl (C=O) groups is 1. The van der Waals surface area contributed by atoms with Gasteiger partial charge in [0.2, 0.25) is 5.91 Å². The van der Waals surface area contributed by atoms with Gasteiger partial charge in [0.05, 0.1) is 24.7 Å². The molecule has 0 radical (unpaired) electrons. The lowest BCUT2D eigenvalue weighted by Crippen LogP contribution is -2.65. The number of H-pyrrole nitrogens is 1. The maximum Gasteiger partial charge on any atom is 0.240 e. The molecule has 5 nitrogen and oxygen atoms in total. The van der Waals surface area contributed by atoms with Gasteiger partial charge >= 0.3 is 0 Å². The van der Waals surface area contributed by atoms with Crippen LogP contribution in [0.4, 0.5) is 0 Å². The van der Waals surface area contributed by atoms with E-state index in [2.05, 4.69) is 4.98 Å². The number of fused-ring (bicyclic) bond motifs is 1. The highest BCUT2D eigenvalue weighted by molar-refractivity contribution is 5.86. The molecule has 0 spiro atoms. The highest BCUT2D eigenvalue weighted by atomic mass is 16.3. The molecule has 1 fully saturated rings. The van der Waals surface area contributed by atoms with E-state index in [0.29, 0.717) is 25.9 Å². The molecule has 1 aromatic carbocycles. The highest BCUT2D eigenvalue weighted by Crippen LogP contribution is 2.25. The molecular weight excluding hydrogens is 266 g/mol. The number of β-amino-alcohol motifs (C(OH)–C–C–N with tert-alkyl or cyclic N) is 1. The molecule has 2 heterocycles. The maximum absolute atomic E-state index is 12.3. The number of nitrogens with zero attached hydrogens (tertiary/aromatic N) is 1. The average Bonchev–Trinajstić information content (AvgIpc) is 2.86. The SMILES string of the molecule is CCC1(O)CN(C(=O)[C@H](N)Cc2c[nH]c3ccccc23)C1.